The molecule has 120 valence electrons. The smallest absolute Gasteiger partial charge is 0.191 e. The van der Waals surface area contributed by atoms with E-state index >= 15 is 0 Å². The third kappa shape index (κ3) is 7.50. The Morgan fingerprint density at radius 1 is 1.33 bits per heavy atom. The molecule has 0 saturated carbocycles. The largest absolute Gasteiger partial charge is 0.494 e. The van der Waals surface area contributed by atoms with E-state index in [1.54, 1.807) is 7.05 Å². The molecular weight excluding hydrogens is 384 g/mol. The molecule has 0 aromatic heterocycles. The lowest BCUT2D eigenvalue weighted by Crippen LogP contribution is -2.37. The van der Waals surface area contributed by atoms with E-state index in [4.69, 9.17) is 4.74 Å². The van der Waals surface area contributed by atoms with Crippen molar-refractivity contribution in [2.24, 2.45) is 4.99 Å². The van der Waals surface area contributed by atoms with Crippen molar-refractivity contribution in [1.29, 1.82) is 0 Å². The molecule has 0 bridgehead atoms. The van der Waals surface area contributed by atoms with Crippen molar-refractivity contribution in [3.63, 3.8) is 0 Å². The molecule has 1 rings (SSSR count). The number of aryl methyl sites for hydroxylation is 1. The van der Waals surface area contributed by atoms with E-state index in [1.165, 1.54) is 5.56 Å². The lowest BCUT2D eigenvalue weighted by molar-refractivity contribution is 0.336. The fourth-order valence-corrected chi connectivity index (χ4v) is 1.77. The van der Waals surface area contributed by atoms with Gasteiger partial charge in [-0.15, -0.1) is 24.0 Å². The van der Waals surface area contributed by atoms with Crippen LogP contribution in [0.25, 0.3) is 0 Å². The molecule has 0 aliphatic rings. The number of nitrogens with one attached hydrogen (secondary N) is 2. The lowest BCUT2D eigenvalue weighted by atomic mass is 10.1. The number of alkyl halides is 1. The number of aliphatic imine (C=N–C) groups is 1. The van der Waals surface area contributed by atoms with Gasteiger partial charge in [-0.1, -0.05) is 12.1 Å². The zero-order valence-electron chi connectivity index (χ0n) is 12.9. The second kappa shape index (κ2) is 11.6. The van der Waals surface area contributed by atoms with E-state index in [9.17, 15) is 4.39 Å². The van der Waals surface area contributed by atoms with Crippen LogP contribution in [0.15, 0.2) is 23.2 Å². The average Bonchev–Trinajstić information content (AvgIpc) is 2.44. The fourth-order valence-electron chi connectivity index (χ4n) is 1.77. The van der Waals surface area contributed by atoms with Gasteiger partial charge < -0.3 is 15.4 Å². The molecule has 2 N–H and O–H groups in total. The topological polar surface area (TPSA) is 45.6 Å². The number of hydrogen-bond acceptors (Lipinski definition) is 2. The number of ether oxygens (including phenoxy) is 1. The van der Waals surface area contributed by atoms with Gasteiger partial charge in [0.05, 0.1) is 13.3 Å². The predicted molar refractivity (Wildman–Crippen MR) is 96.6 cm³/mol. The van der Waals surface area contributed by atoms with Crippen molar-refractivity contribution in [2.75, 3.05) is 26.9 Å². The van der Waals surface area contributed by atoms with Gasteiger partial charge in [-0.25, -0.2) is 0 Å². The van der Waals surface area contributed by atoms with Crippen LogP contribution >= 0.6 is 24.0 Å². The van der Waals surface area contributed by atoms with Crippen LogP contribution in [0.5, 0.6) is 5.75 Å². The summed E-state index contributed by atoms with van der Waals surface area (Å²) in [6, 6.07) is 6.13. The molecule has 0 radical (unpaired) electrons. The molecular formula is C15H25FIN3O. The van der Waals surface area contributed by atoms with Gasteiger partial charge in [0, 0.05) is 25.7 Å². The Kier molecular flexibility index (Phi) is 11.0. The molecule has 4 nitrogen and oxygen atoms in total. The first-order chi connectivity index (χ1) is 9.71. The van der Waals surface area contributed by atoms with Gasteiger partial charge in [-0.3, -0.25) is 9.38 Å². The molecule has 0 heterocycles. The molecule has 0 atom stereocenters. The Morgan fingerprint density at radius 2 is 2.10 bits per heavy atom. The summed E-state index contributed by atoms with van der Waals surface area (Å²) in [5.41, 5.74) is 2.24. The normalized spacial score (nSPS) is 10.8. The van der Waals surface area contributed by atoms with Crippen molar-refractivity contribution in [1.82, 2.24) is 10.6 Å². The van der Waals surface area contributed by atoms with E-state index in [2.05, 4.69) is 21.7 Å². The molecule has 0 aliphatic carbocycles. The van der Waals surface area contributed by atoms with Crippen molar-refractivity contribution in [3.8, 4) is 5.75 Å². The highest BCUT2D eigenvalue weighted by atomic mass is 127. The molecule has 21 heavy (non-hydrogen) atoms. The molecule has 0 amide bonds. The van der Waals surface area contributed by atoms with E-state index in [-0.39, 0.29) is 30.7 Å². The monoisotopic (exact) mass is 409 g/mol. The second-order valence-electron chi connectivity index (χ2n) is 4.44. The molecule has 0 spiro atoms. The van der Waals surface area contributed by atoms with Crippen LogP contribution in [0.2, 0.25) is 0 Å². The second-order valence-corrected chi connectivity index (χ2v) is 4.44. The zero-order chi connectivity index (χ0) is 14.8. The maximum absolute atomic E-state index is 12.1. The van der Waals surface area contributed by atoms with Crippen LogP contribution in [0.4, 0.5) is 4.39 Å². The molecule has 0 aliphatic heterocycles. The highest BCUT2D eigenvalue weighted by Gasteiger charge is 2.05. The Balaban J connectivity index is 0.00000400. The van der Waals surface area contributed by atoms with Gasteiger partial charge in [0.2, 0.25) is 0 Å². The molecule has 1 aromatic carbocycles. The van der Waals surface area contributed by atoms with E-state index in [1.807, 2.05) is 26.0 Å². The zero-order valence-corrected chi connectivity index (χ0v) is 15.2. The average molecular weight is 409 g/mol. The van der Waals surface area contributed by atoms with Crippen molar-refractivity contribution in [2.45, 2.75) is 26.8 Å². The SMILES string of the molecule is CCOc1cc(C)ccc1CNC(=NC)NCCCF.I. The minimum Gasteiger partial charge on any atom is -0.494 e. The first-order valence-corrected chi connectivity index (χ1v) is 6.94. The molecule has 6 heteroatoms. The van der Waals surface area contributed by atoms with Gasteiger partial charge in [-0.2, -0.15) is 0 Å². The number of rotatable bonds is 7. The number of hydrogen-bond donors (Lipinski definition) is 2. The summed E-state index contributed by atoms with van der Waals surface area (Å²) >= 11 is 0. The third-order valence-electron chi connectivity index (χ3n) is 2.80. The first kappa shape index (κ1) is 19.9. The van der Waals surface area contributed by atoms with Crippen molar-refractivity contribution >= 4 is 29.9 Å². The van der Waals surface area contributed by atoms with E-state index in [0.29, 0.717) is 32.1 Å². The number of halogens is 2. The van der Waals surface area contributed by atoms with E-state index in [0.717, 1.165) is 11.3 Å². The summed E-state index contributed by atoms with van der Waals surface area (Å²) in [5.74, 6) is 1.56. The highest BCUT2D eigenvalue weighted by molar-refractivity contribution is 14.0. The summed E-state index contributed by atoms with van der Waals surface area (Å²) in [5, 5.41) is 6.26. The number of guanidine groups is 1. The van der Waals surface area contributed by atoms with Gasteiger partial charge in [0.15, 0.2) is 5.96 Å². The van der Waals surface area contributed by atoms with Crippen molar-refractivity contribution in [3.05, 3.63) is 29.3 Å². The minimum absolute atomic E-state index is 0. The summed E-state index contributed by atoms with van der Waals surface area (Å²) in [4.78, 5) is 4.10. The quantitative estimate of drug-likeness (QED) is 0.315. The Morgan fingerprint density at radius 3 is 2.71 bits per heavy atom. The minimum atomic E-state index is -0.323. The van der Waals surface area contributed by atoms with Crippen LogP contribution in [-0.4, -0.2) is 32.8 Å². The molecule has 0 unspecified atom stereocenters. The molecule has 1 aromatic rings. The van der Waals surface area contributed by atoms with Crippen LogP contribution < -0.4 is 15.4 Å². The molecule has 0 fully saturated rings. The Bertz CT molecular complexity index is 441. The summed E-state index contributed by atoms with van der Waals surface area (Å²) in [6.45, 7) is 5.51. The summed E-state index contributed by atoms with van der Waals surface area (Å²) < 4.78 is 17.7. The van der Waals surface area contributed by atoms with Crippen molar-refractivity contribution < 1.29 is 9.13 Å². The van der Waals surface area contributed by atoms with Gasteiger partial charge >= 0.3 is 0 Å². The number of nitrogens with zero attached hydrogens (tertiary/aromatic N) is 1. The third-order valence-corrected chi connectivity index (χ3v) is 2.80. The highest BCUT2D eigenvalue weighted by Crippen LogP contribution is 2.20. The first-order valence-electron chi connectivity index (χ1n) is 6.94. The van der Waals surface area contributed by atoms with Gasteiger partial charge in [-0.05, 0) is 31.9 Å². The van der Waals surface area contributed by atoms with Crippen LogP contribution in [0.3, 0.4) is 0 Å². The predicted octanol–water partition coefficient (Wildman–Crippen LogP) is 3.04. The Labute approximate surface area is 143 Å². The lowest BCUT2D eigenvalue weighted by Gasteiger charge is -2.14. The van der Waals surface area contributed by atoms with E-state index < -0.39 is 0 Å². The summed E-state index contributed by atoms with van der Waals surface area (Å²) in [6.07, 6.45) is 0.482. The van der Waals surface area contributed by atoms with Crippen LogP contribution in [0.1, 0.15) is 24.5 Å². The maximum atomic E-state index is 12.1. The number of benzene rings is 1. The standard InChI is InChI=1S/C15H24FN3O.HI/c1-4-20-14-10-12(2)6-7-13(14)11-19-15(17-3)18-9-5-8-16;/h6-7,10H,4-5,8-9,11H2,1-3H3,(H2,17,18,19);1H. The fraction of sp³-hybridized carbons (Fsp3) is 0.533. The summed E-state index contributed by atoms with van der Waals surface area (Å²) in [7, 11) is 1.70. The van der Waals surface area contributed by atoms with Crippen LogP contribution in [-0.2, 0) is 6.54 Å². The van der Waals surface area contributed by atoms with Crippen LogP contribution in [0, 0.1) is 6.92 Å². The maximum Gasteiger partial charge on any atom is 0.191 e. The van der Waals surface area contributed by atoms with Gasteiger partial charge in [0.1, 0.15) is 5.75 Å². The Hall–Kier alpha value is -1.05. The molecule has 0 saturated heterocycles. The van der Waals surface area contributed by atoms with Gasteiger partial charge in [0.25, 0.3) is 0 Å².